The largest absolute Gasteiger partial charge is 0.480 e. The smallest absolute Gasteiger partial charge is 0.326 e. The summed E-state index contributed by atoms with van der Waals surface area (Å²) in [6, 6.07) is -0.589. The Kier molecular flexibility index (Phi) is 3.40. The zero-order valence-corrected chi connectivity index (χ0v) is 10.4. The number of carbonyl (C=O) groups excluding carboxylic acids is 1. The Labute approximate surface area is 102 Å². The summed E-state index contributed by atoms with van der Waals surface area (Å²) < 4.78 is 0. The molecule has 1 heterocycles. The van der Waals surface area contributed by atoms with Crippen LogP contribution in [0.1, 0.15) is 51.9 Å². The fourth-order valence-corrected chi connectivity index (χ4v) is 3.15. The van der Waals surface area contributed by atoms with Crippen molar-refractivity contribution in [3.8, 4) is 0 Å². The van der Waals surface area contributed by atoms with Crippen molar-refractivity contribution in [2.24, 2.45) is 5.41 Å². The molecule has 2 rings (SSSR count). The molecule has 0 aromatic carbocycles. The third-order valence-corrected chi connectivity index (χ3v) is 4.27. The molecular formula is C13H21NO3. The first-order chi connectivity index (χ1) is 8.04. The van der Waals surface area contributed by atoms with Gasteiger partial charge in [-0.15, -0.1) is 0 Å². The van der Waals surface area contributed by atoms with Crippen LogP contribution >= 0.6 is 0 Å². The summed E-state index contributed by atoms with van der Waals surface area (Å²) in [5.41, 5.74) is -0.301. The minimum absolute atomic E-state index is 0.0714. The van der Waals surface area contributed by atoms with E-state index < -0.39 is 12.0 Å². The Hall–Kier alpha value is -1.06. The van der Waals surface area contributed by atoms with Crippen molar-refractivity contribution in [2.45, 2.75) is 57.9 Å². The Morgan fingerprint density at radius 3 is 2.41 bits per heavy atom. The van der Waals surface area contributed by atoms with E-state index in [1.54, 1.807) is 4.90 Å². The second-order valence-corrected chi connectivity index (χ2v) is 5.62. The molecule has 1 aliphatic carbocycles. The SMILES string of the molecule is CC1(C(=O)N2CCCC[C@@H]2C(=O)O)CCCC1. The zero-order valence-electron chi connectivity index (χ0n) is 10.4. The molecule has 1 saturated carbocycles. The van der Waals surface area contributed by atoms with Crippen LogP contribution < -0.4 is 0 Å². The Bertz CT molecular complexity index is 321. The summed E-state index contributed by atoms with van der Waals surface area (Å²) in [6.07, 6.45) is 6.46. The average Bonchev–Trinajstić information content (AvgIpc) is 2.76. The highest BCUT2D eigenvalue weighted by Crippen LogP contribution is 2.40. The van der Waals surface area contributed by atoms with Crippen molar-refractivity contribution in [3.63, 3.8) is 0 Å². The number of amides is 1. The van der Waals surface area contributed by atoms with Gasteiger partial charge in [-0.3, -0.25) is 4.79 Å². The molecule has 0 spiro atoms. The summed E-state index contributed by atoms with van der Waals surface area (Å²) >= 11 is 0. The molecule has 1 saturated heterocycles. The predicted molar refractivity (Wildman–Crippen MR) is 63.6 cm³/mol. The maximum absolute atomic E-state index is 12.5. The zero-order chi connectivity index (χ0) is 12.5. The maximum atomic E-state index is 12.5. The lowest BCUT2D eigenvalue weighted by Gasteiger charge is -2.38. The lowest BCUT2D eigenvalue weighted by Crippen LogP contribution is -2.52. The summed E-state index contributed by atoms with van der Waals surface area (Å²) in [6.45, 7) is 2.61. The molecule has 96 valence electrons. The molecule has 1 atom stereocenters. The highest BCUT2D eigenvalue weighted by molar-refractivity contribution is 5.87. The standard InChI is InChI=1S/C13H21NO3/c1-13(7-3-4-8-13)12(17)14-9-5-2-6-10(14)11(15)16/h10H,2-9H2,1H3,(H,15,16)/t10-/m1/s1. The number of nitrogens with zero attached hydrogens (tertiary/aromatic N) is 1. The molecule has 1 N–H and O–H groups in total. The molecule has 17 heavy (non-hydrogen) atoms. The van der Waals surface area contributed by atoms with Crippen LogP contribution in [0, 0.1) is 5.41 Å². The topological polar surface area (TPSA) is 57.6 Å². The fourth-order valence-electron chi connectivity index (χ4n) is 3.15. The number of hydrogen-bond acceptors (Lipinski definition) is 2. The first-order valence-electron chi connectivity index (χ1n) is 6.58. The summed E-state index contributed by atoms with van der Waals surface area (Å²) in [5, 5.41) is 9.19. The molecule has 0 unspecified atom stereocenters. The predicted octanol–water partition coefficient (Wildman–Crippen LogP) is 2.03. The van der Waals surface area contributed by atoms with Crippen LogP contribution in [-0.2, 0) is 9.59 Å². The average molecular weight is 239 g/mol. The number of aliphatic carboxylic acids is 1. The Balaban J connectivity index is 2.13. The normalized spacial score (nSPS) is 28.1. The highest BCUT2D eigenvalue weighted by atomic mass is 16.4. The highest BCUT2D eigenvalue weighted by Gasteiger charge is 2.43. The second-order valence-electron chi connectivity index (χ2n) is 5.62. The van der Waals surface area contributed by atoms with Gasteiger partial charge in [-0.1, -0.05) is 19.8 Å². The van der Waals surface area contributed by atoms with Crippen LogP contribution in [0.5, 0.6) is 0 Å². The number of likely N-dealkylation sites (tertiary alicyclic amines) is 1. The van der Waals surface area contributed by atoms with Crippen LogP contribution in [0.3, 0.4) is 0 Å². The van der Waals surface area contributed by atoms with Crippen molar-refractivity contribution < 1.29 is 14.7 Å². The number of carboxylic acid groups (broad SMARTS) is 1. The van der Waals surface area contributed by atoms with Crippen LogP contribution in [0.2, 0.25) is 0 Å². The van der Waals surface area contributed by atoms with Crippen molar-refractivity contribution in [1.29, 1.82) is 0 Å². The number of rotatable bonds is 2. The van der Waals surface area contributed by atoms with Crippen LogP contribution in [-0.4, -0.2) is 34.5 Å². The van der Waals surface area contributed by atoms with Crippen LogP contribution in [0.4, 0.5) is 0 Å². The van der Waals surface area contributed by atoms with Crippen LogP contribution in [0.15, 0.2) is 0 Å². The van der Waals surface area contributed by atoms with E-state index in [0.29, 0.717) is 13.0 Å². The van der Waals surface area contributed by atoms with Gasteiger partial charge in [-0.2, -0.15) is 0 Å². The maximum Gasteiger partial charge on any atom is 0.326 e. The molecule has 0 radical (unpaired) electrons. The molecule has 2 aliphatic rings. The molecule has 4 heteroatoms. The van der Waals surface area contributed by atoms with Gasteiger partial charge in [-0.05, 0) is 32.1 Å². The van der Waals surface area contributed by atoms with Crippen molar-refractivity contribution in [1.82, 2.24) is 4.90 Å². The summed E-state index contributed by atoms with van der Waals surface area (Å²) in [7, 11) is 0. The number of carboxylic acids is 1. The van der Waals surface area contributed by atoms with Crippen molar-refractivity contribution in [2.75, 3.05) is 6.54 Å². The third-order valence-electron chi connectivity index (χ3n) is 4.27. The van der Waals surface area contributed by atoms with E-state index in [4.69, 9.17) is 0 Å². The van der Waals surface area contributed by atoms with Gasteiger partial charge in [0, 0.05) is 12.0 Å². The van der Waals surface area contributed by atoms with Crippen LogP contribution in [0.25, 0.3) is 0 Å². The number of carbonyl (C=O) groups is 2. The number of hydrogen-bond donors (Lipinski definition) is 1. The lowest BCUT2D eigenvalue weighted by atomic mass is 9.85. The van der Waals surface area contributed by atoms with E-state index in [9.17, 15) is 14.7 Å². The Morgan fingerprint density at radius 1 is 1.18 bits per heavy atom. The van der Waals surface area contributed by atoms with E-state index in [1.165, 1.54) is 0 Å². The monoisotopic (exact) mass is 239 g/mol. The Morgan fingerprint density at radius 2 is 1.82 bits per heavy atom. The van der Waals surface area contributed by atoms with E-state index >= 15 is 0 Å². The van der Waals surface area contributed by atoms with Crippen molar-refractivity contribution in [3.05, 3.63) is 0 Å². The molecule has 0 aromatic heterocycles. The first kappa shape index (κ1) is 12.4. The first-order valence-corrected chi connectivity index (χ1v) is 6.58. The minimum atomic E-state index is -0.848. The van der Waals surface area contributed by atoms with Gasteiger partial charge >= 0.3 is 5.97 Å². The van der Waals surface area contributed by atoms with Gasteiger partial charge in [0.1, 0.15) is 6.04 Å². The van der Waals surface area contributed by atoms with E-state index in [1.807, 2.05) is 6.92 Å². The molecular weight excluding hydrogens is 218 g/mol. The molecule has 0 bridgehead atoms. The van der Waals surface area contributed by atoms with E-state index in [0.717, 1.165) is 38.5 Å². The second kappa shape index (κ2) is 4.67. The van der Waals surface area contributed by atoms with Gasteiger partial charge in [0.05, 0.1) is 0 Å². The molecule has 1 amide bonds. The van der Waals surface area contributed by atoms with Crippen molar-refractivity contribution >= 4 is 11.9 Å². The van der Waals surface area contributed by atoms with Gasteiger partial charge in [-0.25, -0.2) is 4.79 Å². The van der Waals surface area contributed by atoms with Gasteiger partial charge in [0.25, 0.3) is 0 Å². The molecule has 2 fully saturated rings. The third kappa shape index (κ3) is 2.31. The lowest BCUT2D eigenvalue weighted by molar-refractivity contribution is -0.156. The van der Waals surface area contributed by atoms with E-state index in [2.05, 4.69) is 0 Å². The summed E-state index contributed by atoms with van der Waals surface area (Å²) in [5.74, 6) is -0.776. The molecule has 0 aromatic rings. The van der Waals surface area contributed by atoms with Gasteiger partial charge in [0.2, 0.25) is 5.91 Å². The van der Waals surface area contributed by atoms with Gasteiger partial charge in [0.15, 0.2) is 0 Å². The molecule has 4 nitrogen and oxygen atoms in total. The van der Waals surface area contributed by atoms with E-state index in [-0.39, 0.29) is 11.3 Å². The minimum Gasteiger partial charge on any atom is -0.480 e. The molecule has 1 aliphatic heterocycles. The fraction of sp³-hybridized carbons (Fsp3) is 0.846. The number of piperidine rings is 1. The van der Waals surface area contributed by atoms with Gasteiger partial charge < -0.3 is 10.0 Å². The quantitative estimate of drug-likeness (QED) is 0.802. The summed E-state index contributed by atoms with van der Waals surface area (Å²) in [4.78, 5) is 25.3.